The lowest BCUT2D eigenvalue weighted by Gasteiger charge is -2.29. The van der Waals surface area contributed by atoms with E-state index >= 15 is 0 Å². The number of hydrogen-bond acceptors (Lipinski definition) is 1. The Morgan fingerprint density at radius 3 is 3.25 bits per heavy atom. The fourth-order valence-corrected chi connectivity index (χ4v) is 2.39. The van der Waals surface area contributed by atoms with Crippen molar-refractivity contribution in [3.05, 3.63) is 23.9 Å². The minimum absolute atomic E-state index is 0.149. The first-order chi connectivity index (χ1) is 5.77. The van der Waals surface area contributed by atoms with Gasteiger partial charge in [0.05, 0.1) is 3.92 Å². The van der Waals surface area contributed by atoms with Crippen LogP contribution in [0.4, 0.5) is 0 Å². The smallest absolute Gasteiger partial charge is 0.237 e. The molecule has 1 aliphatic carbocycles. The Hall–Kier alpha value is -0.320. The summed E-state index contributed by atoms with van der Waals surface area (Å²) in [5, 5.41) is 2.93. The third-order valence-electron chi connectivity index (χ3n) is 2.32. The predicted octanol–water partition coefficient (Wildman–Crippen LogP) is 1.77. The van der Waals surface area contributed by atoms with Crippen molar-refractivity contribution in [2.24, 2.45) is 5.92 Å². The minimum Gasteiger partial charge on any atom is -0.329 e. The molecule has 0 radical (unpaired) electrons. The van der Waals surface area contributed by atoms with E-state index in [1.807, 2.05) is 12.2 Å². The Kier molecular flexibility index (Phi) is 2.21. The molecule has 0 spiro atoms. The van der Waals surface area contributed by atoms with Crippen LogP contribution in [0.3, 0.4) is 0 Å². The Morgan fingerprint density at radius 2 is 2.42 bits per heavy atom. The molecule has 2 rings (SSSR count). The first kappa shape index (κ1) is 8.29. The standard InChI is InChI=1S/C9H10INO/c10-7-5-6-3-1-2-4-8(6)11-9(7)12/h1-2,4,6-7H,3,5H2,(H,11,12). The van der Waals surface area contributed by atoms with Crippen LogP contribution in [0.25, 0.3) is 0 Å². The van der Waals surface area contributed by atoms with E-state index in [1.54, 1.807) is 0 Å². The maximum absolute atomic E-state index is 11.3. The second-order valence-corrected chi connectivity index (χ2v) is 4.68. The van der Waals surface area contributed by atoms with E-state index in [0.29, 0.717) is 5.92 Å². The molecule has 0 saturated carbocycles. The van der Waals surface area contributed by atoms with Crippen molar-refractivity contribution in [2.45, 2.75) is 16.8 Å². The topological polar surface area (TPSA) is 29.1 Å². The molecule has 1 amide bonds. The van der Waals surface area contributed by atoms with Crippen LogP contribution in [-0.4, -0.2) is 9.83 Å². The monoisotopic (exact) mass is 275 g/mol. The van der Waals surface area contributed by atoms with Crippen LogP contribution < -0.4 is 5.32 Å². The maximum Gasteiger partial charge on any atom is 0.237 e. The molecule has 2 atom stereocenters. The van der Waals surface area contributed by atoms with Crippen LogP contribution in [0.1, 0.15) is 12.8 Å². The van der Waals surface area contributed by atoms with Gasteiger partial charge in [0.15, 0.2) is 0 Å². The summed E-state index contributed by atoms with van der Waals surface area (Å²) in [6.07, 6.45) is 8.25. The van der Waals surface area contributed by atoms with Crippen molar-refractivity contribution >= 4 is 28.5 Å². The molecule has 1 N–H and O–H groups in total. The SMILES string of the molecule is O=C1NC2=CC=CCC2CC1I. The fraction of sp³-hybridized carbons (Fsp3) is 0.444. The van der Waals surface area contributed by atoms with Gasteiger partial charge in [-0.3, -0.25) is 4.79 Å². The molecule has 0 aromatic carbocycles. The van der Waals surface area contributed by atoms with Crippen molar-refractivity contribution in [3.8, 4) is 0 Å². The Balaban J connectivity index is 2.19. The molecule has 0 aromatic heterocycles. The van der Waals surface area contributed by atoms with Crippen LogP contribution in [0.15, 0.2) is 23.9 Å². The van der Waals surface area contributed by atoms with Gasteiger partial charge >= 0.3 is 0 Å². The zero-order valence-electron chi connectivity index (χ0n) is 6.59. The summed E-state index contributed by atoms with van der Waals surface area (Å²) in [6.45, 7) is 0. The quantitative estimate of drug-likeness (QED) is 0.530. The lowest BCUT2D eigenvalue weighted by Crippen LogP contribution is -2.40. The average Bonchev–Trinajstić information content (AvgIpc) is 2.07. The van der Waals surface area contributed by atoms with Gasteiger partial charge in [0.1, 0.15) is 0 Å². The van der Waals surface area contributed by atoms with Crippen molar-refractivity contribution in [3.63, 3.8) is 0 Å². The molecule has 1 saturated heterocycles. The van der Waals surface area contributed by atoms with E-state index in [1.165, 1.54) is 0 Å². The van der Waals surface area contributed by atoms with Gasteiger partial charge in [-0.15, -0.1) is 0 Å². The van der Waals surface area contributed by atoms with Gasteiger partial charge in [-0.25, -0.2) is 0 Å². The molecule has 2 nitrogen and oxygen atoms in total. The first-order valence-electron chi connectivity index (χ1n) is 4.09. The molecule has 1 aliphatic heterocycles. The number of amides is 1. The average molecular weight is 275 g/mol. The molecule has 1 fully saturated rings. The Morgan fingerprint density at radius 1 is 1.58 bits per heavy atom. The molecule has 0 aromatic rings. The second kappa shape index (κ2) is 3.20. The predicted molar refractivity (Wildman–Crippen MR) is 55.9 cm³/mol. The molecular weight excluding hydrogens is 265 g/mol. The van der Waals surface area contributed by atoms with Crippen molar-refractivity contribution in [2.75, 3.05) is 0 Å². The summed E-state index contributed by atoms with van der Waals surface area (Å²) < 4.78 is 0.149. The third-order valence-corrected chi connectivity index (χ3v) is 3.39. The van der Waals surface area contributed by atoms with Crippen LogP contribution in [0.5, 0.6) is 0 Å². The van der Waals surface area contributed by atoms with Crippen LogP contribution in [0, 0.1) is 5.92 Å². The number of carbonyl (C=O) groups excluding carboxylic acids is 1. The van der Waals surface area contributed by atoms with Crippen molar-refractivity contribution in [1.29, 1.82) is 0 Å². The van der Waals surface area contributed by atoms with E-state index in [-0.39, 0.29) is 9.83 Å². The van der Waals surface area contributed by atoms with Gasteiger partial charge in [0, 0.05) is 11.6 Å². The first-order valence-corrected chi connectivity index (χ1v) is 5.33. The zero-order chi connectivity index (χ0) is 8.55. The van der Waals surface area contributed by atoms with E-state index in [4.69, 9.17) is 0 Å². The Bertz CT molecular complexity index is 270. The maximum atomic E-state index is 11.3. The number of piperidine rings is 1. The van der Waals surface area contributed by atoms with Gasteiger partial charge < -0.3 is 5.32 Å². The number of hydrogen-bond donors (Lipinski definition) is 1. The summed E-state index contributed by atoms with van der Waals surface area (Å²) in [7, 11) is 0. The summed E-state index contributed by atoms with van der Waals surface area (Å²) in [4.78, 5) is 11.3. The molecule has 12 heavy (non-hydrogen) atoms. The normalized spacial score (nSPS) is 33.8. The number of halogens is 1. The number of nitrogens with one attached hydrogen (secondary N) is 1. The van der Waals surface area contributed by atoms with E-state index in [2.05, 4.69) is 34.0 Å². The molecule has 2 aliphatic rings. The summed E-state index contributed by atoms with van der Waals surface area (Å²) in [5.74, 6) is 0.711. The molecule has 1 heterocycles. The van der Waals surface area contributed by atoms with Gasteiger partial charge in [0.2, 0.25) is 5.91 Å². The van der Waals surface area contributed by atoms with Crippen LogP contribution in [0.2, 0.25) is 0 Å². The third kappa shape index (κ3) is 1.42. The number of fused-ring (bicyclic) bond motifs is 1. The largest absolute Gasteiger partial charge is 0.329 e. The van der Waals surface area contributed by atoms with Crippen LogP contribution >= 0.6 is 22.6 Å². The number of allylic oxidation sites excluding steroid dienone is 4. The van der Waals surface area contributed by atoms with E-state index in [0.717, 1.165) is 18.5 Å². The minimum atomic E-state index is 0.149. The summed E-state index contributed by atoms with van der Waals surface area (Å²) >= 11 is 2.21. The summed E-state index contributed by atoms with van der Waals surface area (Å²) in [6, 6.07) is 0. The van der Waals surface area contributed by atoms with Crippen molar-refractivity contribution in [1.82, 2.24) is 5.32 Å². The lowest BCUT2D eigenvalue weighted by molar-refractivity contribution is -0.120. The van der Waals surface area contributed by atoms with Gasteiger partial charge in [-0.05, 0) is 18.9 Å². The highest BCUT2D eigenvalue weighted by Gasteiger charge is 2.29. The van der Waals surface area contributed by atoms with Crippen molar-refractivity contribution < 1.29 is 4.79 Å². The fourth-order valence-electron chi connectivity index (χ4n) is 1.62. The highest BCUT2D eigenvalue weighted by atomic mass is 127. The van der Waals surface area contributed by atoms with Gasteiger partial charge in [-0.2, -0.15) is 0 Å². The van der Waals surface area contributed by atoms with E-state index < -0.39 is 0 Å². The number of carbonyl (C=O) groups is 1. The zero-order valence-corrected chi connectivity index (χ0v) is 8.74. The Labute approximate surface area is 85.2 Å². The number of rotatable bonds is 0. The number of alkyl halides is 1. The second-order valence-electron chi connectivity index (χ2n) is 3.18. The molecule has 64 valence electrons. The van der Waals surface area contributed by atoms with E-state index in [9.17, 15) is 4.79 Å². The van der Waals surface area contributed by atoms with Crippen LogP contribution in [-0.2, 0) is 4.79 Å². The molecule has 2 unspecified atom stereocenters. The summed E-state index contributed by atoms with van der Waals surface area (Å²) in [5.41, 5.74) is 1.11. The molecular formula is C9H10INO. The highest BCUT2D eigenvalue weighted by Crippen LogP contribution is 2.30. The van der Waals surface area contributed by atoms with Gasteiger partial charge in [0.25, 0.3) is 0 Å². The highest BCUT2D eigenvalue weighted by molar-refractivity contribution is 14.1. The lowest BCUT2D eigenvalue weighted by atomic mass is 9.89. The van der Waals surface area contributed by atoms with Gasteiger partial charge in [-0.1, -0.05) is 34.7 Å². The molecule has 0 bridgehead atoms. The molecule has 3 heteroatoms.